The molecule has 15 heavy (non-hydrogen) atoms. The first kappa shape index (κ1) is 9.46. The van der Waals surface area contributed by atoms with Gasteiger partial charge in [-0.3, -0.25) is 0 Å². The molecular formula is C13H19NO. The summed E-state index contributed by atoms with van der Waals surface area (Å²) in [4.78, 5) is 0. The molecule has 2 heteroatoms. The lowest BCUT2D eigenvalue weighted by Gasteiger charge is -2.24. The van der Waals surface area contributed by atoms with Crippen LogP contribution in [0.3, 0.4) is 0 Å². The van der Waals surface area contributed by atoms with E-state index in [1.165, 1.54) is 42.6 Å². The average molecular weight is 205 g/mol. The van der Waals surface area contributed by atoms with Crippen molar-refractivity contribution < 1.29 is 4.42 Å². The minimum atomic E-state index is -0.0640. The van der Waals surface area contributed by atoms with Crippen LogP contribution in [0.5, 0.6) is 0 Å². The van der Waals surface area contributed by atoms with E-state index in [4.69, 9.17) is 10.2 Å². The van der Waals surface area contributed by atoms with Crippen molar-refractivity contribution >= 4 is 0 Å². The molecule has 1 aromatic rings. The maximum atomic E-state index is 6.54. The topological polar surface area (TPSA) is 39.2 Å². The molecular weight excluding hydrogens is 186 g/mol. The van der Waals surface area contributed by atoms with Crippen LogP contribution in [0.1, 0.15) is 54.8 Å². The largest absolute Gasteiger partial charge is 0.466 e. The zero-order chi connectivity index (χ0) is 10.5. The standard InChI is InChI=1S/C13H19NO/c1-9-12(13(14)7-2-3-8-13)10-5-4-6-11(10)15-9/h2-8,14H2,1H3. The zero-order valence-corrected chi connectivity index (χ0v) is 9.44. The number of aryl methyl sites for hydroxylation is 2. The van der Waals surface area contributed by atoms with Gasteiger partial charge in [-0.25, -0.2) is 0 Å². The summed E-state index contributed by atoms with van der Waals surface area (Å²) in [5, 5.41) is 0. The van der Waals surface area contributed by atoms with E-state index in [0.29, 0.717) is 0 Å². The summed E-state index contributed by atoms with van der Waals surface area (Å²) < 4.78 is 5.85. The quantitative estimate of drug-likeness (QED) is 0.765. The fourth-order valence-electron chi connectivity index (χ4n) is 3.45. The molecule has 1 aromatic heterocycles. The zero-order valence-electron chi connectivity index (χ0n) is 9.44. The Kier molecular flexibility index (Phi) is 1.96. The second-order valence-corrected chi connectivity index (χ2v) is 5.15. The van der Waals surface area contributed by atoms with Crippen molar-refractivity contribution in [3.8, 4) is 0 Å². The van der Waals surface area contributed by atoms with Crippen LogP contribution in [0.4, 0.5) is 0 Å². The van der Waals surface area contributed by atoms with E-state index in [1.807, 2.05) is 0 Å². The Morgan fingerprint density at radius 3 is 2.60 bits per heavy atom. The monoisotopic (exact) mass is 205 g/mol. The summed E-state index contributed by atoms with van der Waals surface area (Å²) in [7, 11) is 0. The van der Waals surface area contributed by atoms with Crippen molar-refractivity contribution in [1.29, 1.82) is 0 Å². The van der Waals surface area contributed by atoms with Crippen LogP contribution in [-0.4, -0.2) is 0 Å². The number of furan rings is 1. The van der Waals surface area contributed by atoms with E-state index in [9.17, 15) is 0 Å². The SMILES string of the molecule is Cc1oc2c(c1C1(N)CCCC1)CCC2. The van der Waals surface area contributed by atoms with E-state index in [0.717, 1.165) is 25.0 Å². The molecule has 1 heterocycles. The fourth-order valence-corrected chi connectivity index (χ4v) is 3.45. The predicted octanol–water partition coefficient (Wildman–Crippen LogP) is 2.80. The molecule has 2 nitrogen and oxygen atoms in total. The Morgan fingerprint density at radius 2 is 1.87 bits per heavy atom. The molecule has 3 rings (SSSR count). The molecule has 0 aromatic carbocycles. The highest BCUT2D eigenvalue weighted by molar-refractivity contribution is 5.41. The number of hydrogen-bond donors (Lipinski definition) is 1. The van der Waals surface area contributed by atoms with Crippen molar-refractivity contribution in [2.75, 3.05) is 0 Å². The lowest BCUT2D eigenvalue weighted by Crippen LogP contribution is -2.34. The minimum Gasteiger partial charge on any atom is -0.466 e. The summed E-state index contributed by atoms with van der Waals surface area (Å²) in [6, 6.07) is 0. The Bertz CT molecular complexity index is 385. The van der Waals surface area contributed by atoms with Crippen LogP contribution in [0.2, 0.25) is 0 Å². The second-order valence-electron chi connectivity index (χ2n) is 5.15. The van der Waals surface area contributed by atoms with Crippen molar-refractivity contribution in [2.24, 2.45) is 5.73 Å². The van der Waals surface area contributed by atoms with E-state index in [1.54, 1.807) is 0 Å². The molecule has 1 saturated carbocycles. The molecule has 1 fully saturated rings. The van der Waals surface area contributed by atoms with Gasteiger partial charge in [-0.1, -0.05) is 12.8 Å². The molecule has 0 unspecified atom stereocenters. The molecule has 0 radical (unpaired) electrons. The van der Waals surface area contributed by atoms with Gasteiger partial charge in [0.1, 0.15) is 11.5 Å². The van der Waals surface area contributed by atoms with E-state index < -0.39 is 0 Å². The van der Waals surface area contributed by atoms with Crippen LogP contribution < -0.4 is 5.73 Å². The third kappa shape index (κ3) is 1.27. The fraction of sp³-hybridized carbons (Fsp3) is 0.692. The Morgan fingerprint density at radius 1 is 1.13 bits per heavy atom. The number of nitrogens with two attached hydrogens (primary N) is 1. The summed E-state index contributed by atoms with van der Waals surface area (Å²) >= 11 is 0. The van der Waals surface area contributed by atoms with Gasteiger partial charge in [-0.2, -0.15) is 0 Å². The first-order valence-corrected chi connectivity index (χ1v) is 6.11. The molecule has 0 aliphatic heterocycles. The van der Waals surface area contributed by atoms with Crippen LogP contribution in [0, 0.1) is 6.92 Å². The first-order chi connectivity index (χ1) is 7.21. The van der Waals surface area contributed by atoms with Crippen LogP contribution in [-0.2, 0) is 18.4 Å². The van der Waals surface area contributed by atoms with Gasteiger partial charge in [0, 0.05) is 17.5 Å². The van der Waals surface area contributed by atoms with Crippen LogP contribution >= 0.6 is 0 Å². The third-order valence-electron chi connectivity index (χ3n) is 4.09. The van der Waals surface area contributed by atoms with Gasteiger partial charge < -0.3 is 10.2 Å². The lowest BCUT2D eigenvalue weighted by atomic mass is 9.86. The molecule has 2 N–H and O–H groups in total. The highest BCUT2D eigenvalue weighted by Gasteiger charge is 2.38. The average Bonchev–Trinajstić information content (AvgIpc) is 2.80. The van der Waals surface area contributed by atoms with E-state index in [2.05, 4.69) is 6.92 Å². The first-order valence-electron chi connectivity index (χ1n) is 6.11. The van der Waals surface area contributed by atoms with Gasteiger partial charge >= 0.3 is 0 Å². The molecule has 82 valence electrons. The molecule has 0 bridgehead atoms. The van der Waals surface area contributed by atoms with Crippen molar-refractivity contribution in [1.82, 2.24) is 0 Å². The van der Waals surface area contributed by atoms with E-state index >= 15 is 0 Å². The van der Waals surface area contributed by atoms with Crippen LogP contribution in [0.15, 0.2) is 4.42 Å². The molecule has 0 atom stereocenters. The lowest BCUT2D eigenvalue weighted by molar-refractivity contribution is 0.430. The predicted molar refractivity (Wildman–Crippen MR) is 59.8 cm³/mol. The molecule has 0 saturated heterocycles. The summed E-state index contributed by atoms with van der Waals surface area (Å²) in [6.45, 7) is 2.08. The van der Waals surface area contributed by atoms with E-state index in [-0.39, 0.29) is 5.54 Å². The molecule has 0 amide bonds. The molecule has 0 spiro atoms. The third-order valence-corrected chi connectivity index (χ3v) is 4.09. The van der Waals surface area contributed by atoms with Gasteiger partial charge in [-0.15, -0.1) is 0 Å². The normalized spacial score (nSPS) is 23.3. The van der Waals surface area contributed by atoms with Crippen molar-refractivity contribution in [3.05, 3.63) is 22.6 Å². The highest BCUT2D eigenvalue weighted by atomic mass is 16.3. The minimum absolute atomic E-state index is 0.0640. The second kappa shape index (κ2) is 3.11. The number of rotatable bonds is 1. The van der Waals surface area contributed by atoms with Crippen LogP contribution in [0.25, 0.3) is 0 Å². The molecule has 2 aliphatic rings. The summed E-state index contributed by atoms with van der Waals surface area (Å²) in [6.07, 6.45) is 8.37. The Labute approximate surface area is 90.8 Å². The van der Waals surface area contributed by atoms with Gasteiger partial charge in [0.05, 0.1) is 0 Å². The highest BCUT2D eigenvalue weighted by Crippen LogP contribution is 2.43. The van der Waals surface area contributed by atoms with Crippen molar-refractivity contribution in [2.45, 2.75) is 57.4 Å². The molecule has 2 aliphatic carbocycles. The maximum absolute atomic E-state index is 6.54. The van der Waals surface area contributed by atoms with Gasteiger partial charge in [-0.05, 0) is 38.2 Å². The summed E-state index contributed by atoms with van der Waals surface area (Å²) in [5.74, 6) is 2.31. The maximum Gasteiger partial charge on any atom is 0.107 e. The smallest absolute Gasteiger partial charge is 0.107 e. The van der Waals surface area contributed by atoms with Gasteiger partial charge in [0.25, 0.3) is 0 Å². The Hall–Kier alpha value is -0.760. The number of hydrogen-bond acceptors (Lipinski definition) is 2. The summed E-state index contributed by atoms with van der Waals surface area (Å²) in [5.41, 5.74) is 9.30. The van der Waals surface area contributed by atoms with Crippen molar-refractivity contribution in [3.63, 3.8) is 0 Å². The number of fused-ring (bicyclic) bond motifs is 1. The Balaban J connectivity index is 2.10. The van der Waals surface area contributed by atoms with Gasteiger partial charge in [0.15, 0.2) is 0 Å². The van der Waals surface area contributed by atoms with Gasteiger partial charge in [0.2, 0.25) is 0 Å².